The summed E-state index contributed by atoms with van der Waals surface area (Å²) in [6.07, 6.45) is 2.38. The highest BCUT2D eigenvalue weighted by molar-refractivity contribution is 7.99. The first-order valence-corrected chi connectivity index (χ1v) is 7.56. The van der Waals surface area contributed by atoms with Crippen molar-refractivity contribution in [2.24, 2.45) is 0 Å². The van der Waals surface area contributed by atoms with Gasteiger partial charge in [-0.15, -0.1) is 0 Å². The molecule has 0 radical (unpaired) electrons. The third-order valence-corrected chi connectivity index (χ3v) is 3.99. The third kappa shape index (κ3) is 3.36. The Kier molecular flexibility index (Phi) is 4.82. The maximum Gasteiger partial charge on any atom is 0.172 e. The summed E-state index contributed by atoms with van der Waals surface area (Å²) in [6.45, 7) is 2.17. The molecule has 2 aromatic rings. The zero-order valence-corrected chi connectivity index (χ0v) is 11.5. The minimum atomic E-state index is 0.238. The Hall–Kier alpha value is -1.28. The molecule has 0 atom stereocenters. The second-order valence-corrected chi connectivity index (χ2v) is 5.50. The number of unbranched alkanes of at least 4 members (excludes halogenated alkanes) is 1. The predicted molar refractivity (Wildman–Crippen MR) is 80.5 cm³/mol. The summed E-state index contributed by atoms with van der Waals surface area (Å²) in [4.78, 5) is 12.0. The maximum atomic E-state index is 12.0. The quantitative estimate of drug-likeness (QED) is 0.558. The van der Waals surface area contributed by atoms with E-state index in [1.807, 2.05) is 30.3 Å². The highest BCUT2D eigenvalue weighted by Gasteiger charge is 2.06. The number of Topliss-reactive ketones (excluding diaryl/α,β-unsaturated/α-hetero) is 1. The smallest absolute Gasteiger partial charge is 0.172 e. The van der Waals surface area contributed by atoms with Crippen LogP contribution in [0.3, 0.4) is 0 Å². The Morgan fingerprint density at radius 2 is 1.89 bits per heavy atom. The van der Waals surface area contributed by atoms with Gasteiger partial charge in [-0.25, -0.2) is 0 Å². The van der Waals surface area contributed by atoms with Crippen molar-refractivity contribution in [2.45, 2.75) is 19.8 Å². The first-order chi connectivity index (χ1) is 8.81. The molecule has 0 aliphatic rings. The number of hydrogen-bond donors (Lipinski definition) is 0. The molecule has 2 heteroatoms. The number of carbonyl (C=O) groups excluding carboxylic acids is 1. The molecule has 0 amide bonds. The van der Waals surface area contributed by atoms with Crippen LogP contribution < -0.4 is 0 Å². The number of carbonyl (C=O) groups is 1. The summed E-state index contributed by atoms with van der Waals surface area (Å²) in [7, 11) is 0. The zero-order valence-electron chi connectivity index (χ0n) is 10.7. The van der Waals surface area contributed by atoms with Gasteiger partial charge in [0.15, 0.2) is 5.78 Å². The fourth-order valence-corrected chi connectivity index (χ4v) is 2.85. The molecule has 0 spiro atoms. The molecular weight excluding hydrogens is 240 g/mol. The molecule has 2 aromatic carbocycles. The minimum absolute atomic E-state index is 0.238. The van der Waals surface area contributed by atoms with Gasteiger partial charge in [0.1, 0.15) is 0 Å². The number of fused-ring (bicyclic) bond motifs is 1. The lowest BCUT2D eigenvalue weighted by molar-refractivity contribution is 0.102. The lowest BCUT2D eigenvalue weighted by Crippen LogP contribution is -2.02. The van der Waals surface area contributed by atoms with Gasteiger partial charge in [-0.1, -0.05) is 49.7 Å². The first-order valence-electron chi connectivity index (χ1n) is 6.41. The Morgan fingerprint density at radius 1 is 1.11 bits per heavy atom. The van der Waals surface area contributed by atoms with Crippen molar-refractivity contribution >= 4 is 28.3 Å². The first kappa shape index (κ1) is 13.2. The minimum Gasteiger partial charge on any atom is -0.293 e. The van der Waals surface area contributed by atoms with Gasteiger partial charge in [0.2, 0.25) is 0 Å². The van der Waals surface area contributed by atoms with Crippen molar-refractivity contribution in [2.75, 3.05) is 11.5 Å². The monoisotopic (exact) mass is 258 g/mol. The highest BCUT2D eigenvalue weighted by Crippen LogP contribution is 2.17. The van der Waals surface area contributed by atoms with E-state index in [2.05, 4.69) is 19.1 Å². The van der Waals surface area contributed by atoms with Crippen LogP contribution in [-0.4, -0.2) is 17.3 Å². The van der Waals surface area contributed by atoms with Crippen molar-refractivity contribution in [1.82, 2.24) is 0 Å². The van der Waals surface area contributed by atoms with Crippen LogP contribution in [0.15, 0.2) is 42.5 Å². The Labute approximate surface area is 113 Å². The molecule has 1 nitrogen and oxygen atoms in total. The van der Waals surface area contributed by atoms with Crippen molar-refractivity contribution in [3.05, 3.63) is 48.0 Å². The molecule has 2 rings (SSSR count). The average molecular weight is 258 g/mol. The fraction of sp³-hybridized carbons (Fsp3) is 0.312. The molecule has 0 saturated heterocycles. The van der Waals surface area contributed by atoms with Crippen LogP contribution in [-0.2, 0) is 0 Å². The van der Waals surface area contributed by atoms with E-state index in [9.17, 15) is 4.79 Å². The van der Waals surface area contributed by atoms with Crippen LogP contribution in [0.25, 0.3) is 10.8 Å². The van der Waals surface area contributed by atoms with Gasteiger partial charge >= 0.3 is 0 Å². The average Bonchev–Trinajstić information content (AvgIpc) is 2.43. The molecular formula is C16H18OS. The van der Waals surface area contributed by atoms with Crippen molar-refractivity contribution in [1.29, 1.82) is 0 Å². The number of hydrogen-bond acceptors (Lipinski definition) is 2. The van der Waals surface area contributed by atoms with Crippen molar-refractivity contribution in [3.63, 3.8) is 0 Å². The summed E-state index contributed by atoms with van der Waals surface area (Å²) < 4.78 is 0. The van der Waals surface area contributed by atoms with Crippen molar-refractivity contribution in [3.8, 4) is 0 Å². The molecule has 0 aromatic heterocycles. The predicted octanol–water partition coefficient (Wildman–Crippen LogP) is 4.56. The molecule has 0 unspecified atom stereocenters. The number of benzene rings is 2. The number of ketones is 1. The van der Waals surface area contributed by atoms with Gasteiger partial charge < -0.3 is 0 Å². The Balaban J connectivity index is 2.04. The van der Waals surface area contributed by atoms with Gasteiger partial charge in [-0.05, 0) is 29.0 Å². The molecule has 94 valence electrons. The van der Waals surface area contributed by atoms with E-state index < -0.39 is 0 Å². The van der Waals surface area contributed by atoms with Crippen molar-refractivity contribution < 1.29 is 4.79 Å². The largest absolute Gasteiger partial charge is 0.293 e. The second kappa shape index (κ2) is 6.60. The lowest BCUT2D eigenvalue weighted by Gasteiger charge is -2.03. The summed E-state index contributed by atoms with van der Waals surface area (Å²) in [5, 5.41) is 2.33. The molecule has 0 aliphatic carbocycles. The molecule has 0 bridgehead atoms. The summed E-state index contributed by atoms with van der Waals surface area (Å²) in [5.74, 6) is 1.91. The molecule has 18 heavy (non-hydrogen) atoms. The van der Waals surface area contributed by atoms with Gasteiger partial charge in [0, 0.05) is 5.56 Å². The van der Waals surface area contributed by atoms with E-state index in [0.29, 0.717) is 5.75 Å². The zero-order chi connectivity index (χ0) is 12.8. The van der Waals surface area contributed by atoms with Crippen LogP contribution in [0.4, 0.5) is 0 Å². The van der Waals surface area contributed by atoms with Gasteiger partial charge in [-0.2, -0.15) is 11.8 Å². The molecule has 0 saturated carbocycles. The standard InChI is InChI=1S/C16H18OS/c1-2-3-10-18-12-16(17)15-9-8-13-6-4-5-7-14(13)11-15/h4-9,11H,2-3,10,12H2,1H3. The van der Waals surface area contributed by atoms with E-state index in [4.69, 9.17) is 0 Å². The van der Waals surface area contributed by atoms with Crippen LogP contribution in [0, 0.1) is 0 Å². The van der Waals surface area contributed by atoms with E-state index in [-0.39, 0.29) is 5.78 Å². The van der Waals surface area contributed by atoms with E-state index in [1.165, 1.54) is 18.2 Å². The van der Waals surface area contributed by atoms with Gasteiger partial charge in [-0.3, -0.25) is 4.79 Å². The van der Waals surface area contributed by atoms with Crippen LogP contribution in [0.2, 0.25) is 0 Å². The van der Waals surface area contributed by atoms with Gasteiger partial charge in [0.25, 0.3) is 0 Å². The Bertz CT molecular complexity index is 533. The SMILES string of the molecule is CCCCSCC(=O)c1ccc2ccccc2c1. The normalized spacial score (nSPS) is 10.7. The topological polar surface area (TPSA) is 17.1 Å². The molecule has 0 fully saturated rings. The summed E-state index contributed by atoms with van der Waals surface area (Å²) >= 11 is 1.74. The molecule has 0 heterocycles. The third-order valence-electron chi connectivity index (χ3n) is 2.95. The van der Waals surface area contributed by atoms with Crippen LogP contribution >= 0.6 is 11.8 Å². The maximum absolute atomic E-state index is 12.0. The molecule has 0 aliphatic heterocycles. The number of rotatable bonds is 6. The van der Waals surface area contributed by atoms with E-state index in [1.54, 1.807) is 11.8 Å². The lowest BCUT2D eigenvalue weighted by atomic mass is 10.1. The second-order valence-electron chi connectivity index (χ2n) is 4.39. The fourth-order valence-electron chi connectivity index (χ4n) is 1.86. The van der Waals surface area contributed by atoms with Crippen LogP contribution in [0.5, 0.6) is 0 Å². The highest BCUT2D eigenvalue weighted by atomic mass is 32.2. The summed E-state index contributed by atoms with van der Waals surface area (Å²) in [6, 6.07) is 14.1. The van der Waals surface area contributed by atoms with Gasteiger partial charge in [0.05, 0.1) is 5.75 Å². The van der Waals surface area contributed by atoms with E-state index in [0.717, 1.165) is 16.7 Å². The summed E-state index contributed by atoms with van der Waals surface area (Å²) in [5.41, 5.74) is 0.831. The van der Waals surface area contributed by atoms with E-state index >= 15 is 0 Å². The van der Waals surface area contributed by atoms with Crippen LogP contribution in [0.1, 0.15) is 30.1 Å². The number of thioether (sulfide) groups is 1. The Morgan fingerprint density at radius 3 is 2.67 bits per heavy atom. The molecule has 0 N–H and O–H groups in total.